The van der Waals surface area contributed by atoms with Gasteiger partial charge in [-0.1, -0.05) is 37.3 Å². The molecule has 2 rings (SSSR count). The minimum atomic E-state index is -0.367. The van der Waals surface area contributed by atoms with Crippen molar-refractivity contribution in [2.24, 2.45) is 11.7 Å². The lowest BCUT2D eigenvalue weighted by molar-refractivity contribution is -0.385. The molecule has 2 N–H and O–H groups in total. The first-order valence-corrected chi connectivity index (χ1v) is 7.18. The fourth-order valence-corrected chi connectivity index (χ4v) is 3.15. The van der Waals surface area contributed by atoms with E-state index in [0.717, 1.165) is 19.5 Å². The maximum atomic E-state index is 11.2. The minimum Gasteiger partial charge on any atom is -0.392 e. The predicted octanol–water partition coefficient (Wildman–Crippen LogP) is 2.65. The van der Waals surface area contributed by atoms with E-state index in [9.17, 15) is 10.1 Å². The molecule has 108 valence electrons. The van der Waals surface area contributed by atoms with E-state index in [0.29, 0.717) is 16.5 Å². The number of benzene rings is 1. The SMILES string of the molecule is CC1CCCN(C(C(N)=S)c2ccccc2[N+](=O)[O-])C1. The largest absolute Gasteiger partial charge is 0.392 e. The van der Waals surface area contributed by atoms with Crippen LogP contribution in [0.2, 0.25) is 0 Å². The zero-order valence-corrected chi connectivity index (χ0v) is 12.3. The molecule has 1 aliphatic rings. The van der Waals surface area contributed by atoms with Crippen LogP contribution in [0, 0.1) is 16.0 Å². The second kappa shape index (κ2) is 6.28. The first-order valence-electron chi connectivity index (χ1n) is 6.77. The van der Waals surface area contributed by atoms with E-state index in [-0.39, 0.29) is 16.7 Å². The standard InChI is InChI=1S/C14H19N3O2S/c1-10-5-4-8-16(9-10)13(14(15)20)11-6-2-3-7-12(11)17(18)19/h2-3,6-7,10,13H,4-5,8-9H2,1H3,(H2,15,20). The predicted molar refractivity (Wildman–Crippen MR) is 82.6 cm³/mol. The molecule has 0 amide bonds. The normalized spacial score (nSPS) is 21.4. The van der Waals surface area contributed by atoms with Gasteiger partial charge in [0.15, 0.2) is 0 Å². The lowest BCUT2D eigenvalue weighted by Gasteiger charge is -2.36. The molecule has 1 aliphatic heterocycles. The monoisotopic (exact) mass is 293 g/mol. The Kier molecular flexibility index (Phi) is 4.67. The van der Waals surface area contributed by atoms with Crippen molar-refractivity contribution >= 4 is 22.9 Å². The number of nitrogens with two attached hydrogens (primary N) is 1. The number of nitrogens with zero attached hydrogens (tertiary/aromatic N) is 2. The Morgan fingerprint density at radius 1 is 1.55 bits per heavy atom. The topological polar surface area (TPSA) is 72.4 Å². The van der Waals surface area contributed by atoms with Crippen molar-refractivity contribution in [2.75, 3.05) is 13.1 Å². The van der Waals surface area contributed by atoms with Gasteiger partial charge in [0, 0.05) is 12.6 Å². The number of para-hydroxylation sites is 1. The summed E-state index contributed by atoms with van der Waals surface area (Å²) in [5, 5.41) is 11.2. The second-order valence-electron chi connectivity index (χ2n) is 5.36. The van der Waals surface area contributed by atoms with Crippen LogP contribution < -0.4 is 5.73 Å². The third-order valence-electron chi connectivity index (χ3n) is 3.75. The Bertz CT molecular complexity index is 521. The average molecular weight is 293 g/mol. The Morgan fingerprint density at radius 2 is 2.25 bits per heavy atom. The van der Waals surface area contributed by atoms with Crippen LogP contribution in [0.4, 0.5) is 5.69 Å². The number of likely N-dealkylation sites (tertiary alicyclic amines) is 1. The van der Waals surface area contributed by atoms with Gasteiger partial charge < -0.3 is 5.73 Å². The molecule has 1 fully saturated rings. The van der Waals surface area contributed by atoms with Gasteiger partial charge in [-0.2, -0.15) is 0 Å². The quantitative estimate of drug-likeness (QED) is 0.525. The Balaban J connectivity index is 2.38. The number of thiocarbonyl (C=S) groups is 1. The summed E-state index contributed by atoms with van der Waals surface area (Å²) >= 11 is 5.18. The zero-order valence-electron chi connectivity index (χ0n) is 11.5. The van der Waals surface area contributed by atoms with Crippen molar-refractivity contribution in [2.45, 2.75) is 25.8 Å². The molecule has 0 bridgehead atoms. The molecule has 1 heterocycles. The van der Waals surface area contributed by atoms with Gasteiger partial charge in [-0.25, -0.2) is 0 Å². The molecular formula is C14H19N3O2S. The summed E-state index contributed by atoms with van der Waals surface area (Å²) in [5.41, 5.74) is 6.56. The molecule has 1 aromatic rings. The molecule has 0 spiro atoms. The number of piperidine rings is 1. The summed E-state index contributed by atoms with van der Waals surface area (Å²) < 4.78 is 0. The van der Waals surface area contributed by atoms with Crippen LogP contribution >= 0.6 is 12.2 Å². The minimum absolute atomic E-state index is 0.0866. The first-order chi connectivity index (χ1) is 9.50. The zero-order chi connectivity index (χ0) is 14.7. The fourth-order valence-electron chi connectivity index (χ4n) is 2.88. The van der Waals surface area contributed by atoms with Gasteiger partial charge in [-0.3, -0.25) is 15.0 Å². The first kappa shape index (κ1) is 14.9. The summed E-state index contributed by atoms with van der Waals surface area (Å²) in [6, 6.07) is 6.36. The van der Waals surface area contributed by atoms with Crippen molar-refractivity contribution in [3.8, 4) is 0 Å². The number of nitro groups is 1. The van der Waals surface area contributed by atoms with Crippen molar-refractivity contribution in [1.29, 1.82) is 0 Å². The van der Waals surface area contributed by atoms with Crippen molar-refractivity contribution in [1.82, 2.24) is 4.90 Å². The molecule has 6 heteroatoms. The van der Waals surface area contributed by atoms with Crippen LogP contribution in [0.1, 0.15) is 31.4 Å². The molecule has 0 saturated carbocycles. The summed E-state index contributed by atoms with van der Waals surface area (Å²) in [4.78, 5) is 13.3. The smallest absolute Gasteiger partial charge is 0.274 e. The average Bonchev–Trinajstić information content (AvgIpc) is 2.39. The van der Waals surface area contributed by atoms with Crippen molar-refractivity contribution in [3.05, 3.63) is 39.9 Å². The molecule has 1 saturated heterocycles. The highest BCUT2D eigenvalue weighted by Gasteiger charge is 2.31. The summed E-state index contributed by atoms with van der Waals surface area (Å²) in [7, 11) is 0. The van der Waals surface area contributed by atoms with Crippen molar-refractivity contribution < 1.29 is 4.92 Å². The molecule has 2 atom stereocenters. The lowest BCUT2D eigenvalue weighted by Crippen LogP contribution is -2.42. The van der Waals surface area contributed by atoms with Gasteiger partial charge >= 0.3 is 0 Å². The van der Waals surface area contributed by atoms with Gasteiger partial charge in [-0.15, -0.1) is 0 Å². The number of nitro benzene ring substituents is 1. The van der Waals surface area contributed by atoms with Crippen LogP contribution in [0.5, 0.6) is 0 Å². The molecular weight excluding hydrogens is 274 g/mol. The van der Waals surface area contributed by atoms with E-state index >= 15 is 0 Å². The van der Waals surface area contributed by atoms with Gasteiger partial charge in [0.1, 0.15) is 0 Å². The number of hydrogen-bond donors (Lipinski definition) is 1. The van der Waals surface area contributed by atoms with E-state index in [4.69, 9.17) is 18.0 Å². The lowest BCUT2D eigenvalue weighted by atomic mass is 9.95. The summed E-state index contributed by atoms with van der Waals surface area (Å²) in [5.74, 6) is 0.559. The van der Waals surface area contributed by atoms with Crippen LogP contribution in [0.25, 0.3) is 0 Å². The van der Waals surface area contributed by atoms with E-state index in [1.54, 1.807) is 18.2 Å². The third-order valence-corrected chi connectivity index (χ3v) is 3.97. The molecule has 5 nitrogen and oxygen atoms in total. The third kappa shape index (κ3) is 3.13. The molecule has 20 heavy (non-hydrogen) atoms. The molecule has 2 unspecified atom stereocenters. The van der Waals surface area contributed by atoms with Gasteiger partial charge in [0.25, 0.3) is 5.69 Å². The van der Waals surface area contributed by atoms with E-state index in [2.05, 4.69) is 11.8 Å². The number of hydrogen-bond acceptors (Lipinski definition) is 4. The van der Waals surface area contributed by atoms with Gasteiger partial charge in [0.2, 0.25) is 0 Å². The maximum absolute atomic E-state index is 11.2. The fraction of sp³-hybridized carbons (Fsp3) is 0.500. The second-order valence-corrected chi connectivity index (χ2v) is 5.83. The maximum Gasteiger partial charge on any atom is 0.274 e. The molecule has 0 aliphatic carbocycles. The summed E-state index contributed by atoms with van der Waals surface area (Å²) in [6.07, 6.45) is 2.25. The highest BCUT2D eigenvalue weighted by molar-refractivity contribution is 7.80. The Morgan fingerprint density at radius 3 is 2.85 bits per heavy atom. The molecule has 1 aromatic carbocycles. The van der Waals surface area contributed by atoms with E-state index in [1.807, 2.05) is 0 Å². The van der Waals surface area contributed by atoms with Crippen LogP contribution in [0.3, 0.4) is 0 Å². The van der Waals surface area contributed by atoms with E-state index < -0.39 is 0 Å². The van der Waals surface area contributed by atoms with Gasteiger partial charge in [0.05, 0.1) is 21.5 Å². The Hall–Kier alpha value is -1.53. The van der Waals surface area contributed by atoms with Gasteiger partial charge in [-0.05, 0) is 25.3 Å². The molecule has 0 aromatic heterocycles. The Labute approximate surface area is 123 Å². The highest BCUT2D eigenvalue weighted by Crippen LogP contribution is 2.32. The molecule has 0 radical (unpaired) electrons. The summed E-state index contributed by atoms with van der Waals surface area (Å²) in [6.45, 7) is 3.93. The van der Waals surface area contributed by atoms with E-state index in [1.165, 1.54) is 12.5 Å². The number of rotatable bonds is 4. The van der Waals surface area contributed by atoms with Crippen molar-refractivity contribution in [3.63, 3.8) is 0 Å². The highest BCUT2D eigenvalue weighted by atomic mass is 32.1. The van der Waals surface area contributed by atoms with Crippen LogP contribution in [-0.4, -0.2) is 27.9 Å². The van der Waals surface area contributed by atoms with Crippen LogP contribution in [0.15, 0.2) is 24.3 Å². The van der Waals surface area contributed by atoms with Crippen LogP contribution in [-0.2, 0) is 0 Å².